The third-order valence-electron chi connectivity index (χ3n) is 4.84. The standard InChI is InChI=1S/C20H19ClN2O2S/c1-25-17-12-14(21)6-7-15(17)20(24)23-10-8-13(9-11-23)19-22-16-4-2-3-5-18(16)26-19/h2-7,12-13H,8-11H2,1H3. The largest absolute Gasteiger partial charge is 0.496 e. The van der Waals surface area contributed by atoms with E-state index in [1.807, 2.05) is 17.0 Å². The number of hydrogen-bond acceptors (Lipinski definition) is 4. The van der Waals surface area contributed by atoms with Crippen molar-refractivity contribution in [1.82, 2.24) is 9.88 Å². The Kier molecular flexibility index (Phi) is 4.83. The van der Waals surface area contributed by atoms with E-state index < -0.39 is 0 Å². The summed E-state index contributed by atoms with van der Waals surface area (Å²) in [7, 11) is 1.56. The molecule has 2 aromatic carbocycles. The summed E-state index contributed by atoms with van der Waals surface area (Å²) >= 11 is 7.76. The number of likely N-dealkylation sites (tertiary alicyclic amines) is 1. The average Bonchev–Trinajstić information content (AvgIpc) is 3.11. The van der Waals surface area contributed by atoms with Gasteiger partial charge in [0.05, 0.1) is 27.9 Å². The van der Waals surface area contributed by atoms with Crippen LogP contribution in [0.2, 0.25) is 5.02 Å². The number of benzene rings is 2. The number of amides is 1. The number of piperidine rings is 1. The zero-order chi connectivity index (χ0) is 18.1. The van der Waals surface area contributed by atoms with Crippen LogP contribution in [0.3, 0.4) is 0 Å². The first-order valence-corrected chi connectivity index (χ1v) is 9.83. The van der Waals surface area contributed by atoms with Gasteiger partial charge in [-0.2, -0.15) is 0 Å². The minimum absolute atomic E-state index is 0.00117. The molecule has 0 bridgehead atoms. The fourth-order valence-electron chi connectivity index (χ4n) is 3.41. The van der Waals surface area contributed by atoms with Crippen molar-refractivity contribution in [3.05, 3.63) is 58.1 Å². The predicted molar refractivity (Wildman–Crippen MR) is 106 cm³/mol. The molecule has 0 N–H and O–H groups in total. The van der Waals surface area contributed by atoms with Gasteiger partial charge in [-0.1, -0.05) is 23.7 Å². The number of para-hydroxylation sites is 1. The maximum absolute atomic E-state index is 12.9. The van der Waals surface area contributed by atoms with Crippen LogP contribution in [0.25, 0.3) is 10.2 Å². The molecule has 6 heteroatoms. The second-order valence-electron chi connectivity index (χ2n) is 6.43. The lowest BCUT2D eigenvalue weighted by Gasteiger charge is -2.31. The van der Waals surface area contributed by atoms with Gasteiger partial charge < -0.3 is 9.64 Å². The van der Waals surface area contributed by atoms with Crippen LogP contribution in [0.4, 0.5) is 0 Å². The van der Waals surface area contributed by atoms with Crippen molar-refractivity contribution in [3.8, 4) is 5.75 Å². The van der Waals surface area contributed by atoms with Gasteiger partial charge in [-0.05, 0) is 43.2 Å². The van der Waals surface area contributed by atoms with Gasteiger partial charge in [0.25, 0.3) is 5.91 Å². The van der Waals surface area contributed by atoms with Crippen molar-refractivity contribution in [3.63, 3.8) is 0 Å². The summed E-state index contributed by atoms with van der Waals surface area (Å²) in [6.07, 6.45) is 1.86. The van der Waals surface area contributed by atoms with Gasteiger partial charge in [0, 0.05) is 24.0 Å². The molecule has 134 valence electrons. The van der Waals surface area contributed by atoms with Crippen molar-refractivity contribution in [1.29, 1.82) is 0 Å². The smallest absolute Gasteiger partial charge is 0.257 e. The number of rotatable bonds is 3. The lowest BCUT2D eigenvalue weighted by Crippen LogP contribution is -2.38. The van der Waals surface area contributed by atoms with E-state index in [4.69, 9.17) is 21.3 Å². The molecule has 2 heterocycles. The van der Waals surface area contributed by atoms with Crippen molar-refractivity contribution < 1.29 is 9.53 Å². The van der Waals surface area contributed by atoms with Gasteiger partial charge in [0.2, 0.25) is 0 Å². The number of nitrogens with zero attached hydrogens (tertiary/aromatic N) is 2. The predicted octanol–water partition coefficient (Wildman–Crippen LogP) is 4.98. The molecule has 1 aliphatic rings. The highest BCUT2D eigenvalue weighted by Crippen LogP contribution is 2.34. The Balaban J connectivity index is 1.47. The maximum Gasteiger partial charge on any atom is 0.257 e. The van der Waals surface area contributed by atoms with Gasteiger partial charge in [-0.15, -0.1) is 11.3 Å². The molecule has 1 amide bonds. The molecule has 1 aromatic heterocycles. The summed E-state index contributed by atoms with van der Waals surface area (Å²) in [5, 5.41) is 1.75. The highest BCUT2D eigenvalue weighted by Gasteiger charge is 2.27. The number of aromatic nitrogens is 1. The van der Waals surface area contributed by atoms with E-state index in [0.29, 0.717) is 22.3 Å². The number of methoxy groups -OCH3 is 1. The normalized spacial score (nSPS) is 15.4. The first-order chi connectivity index (χ1) is 12.7. The summed E-state index contributed by atoms with van der Waals surface area (Å²) in [6, 6.07) is 13.4. The monoisotopic (exact) mass is 386 g/mol. The van der Waals surface area contributed by atoms with Crippen LogP contribution in [-0.2, 0) is 0 Å². The van der Waals surface area contributed by atoms with E-state index in [9.17, 15) is 4.79 Å². The van der Waals surface area contributed by atoms with E-state index in [-0.39, 0.29) is 5.91 Å². The van der Waals surface area contributed by atoms with Crippen LogP contribution in [0.15, 0.2) is 42.5 Å². The minimum atomic E-state index is 0.00117. The summed E-state index contributed by atoms with van der Waals surface area (Å²) in [5.74, 6) is 0.945. The molecule has 4 nitrogen and oxygen atoms in total. The van der Waals surface area contributed by atoms with Gasteiger partial charge >= 0.3 is 0 Å². The molecule has 3 aromatic rings. The Morgan fingerprint density at radius 3 is 2.73 bits per heavy atom. The van der Waals surface area contributed by atoms with Crippen LogP contribution in [-0.4, -0.2) is 36.0 Å². The summed E-state index contributed by atoms with van der Waals surface area (Å²) < 4.78 is 6.55. The van der Waals surface area contributed by atoms with Crippen LogP contribution in [0, 0.1) is 0 Å². The van der Waals surface area contributed by atoms with Crippen molar-refractivity contribution in [2.24, 2.45) is 0 Å². The van der Waals surface area contributed by atoms with E-state index >= 15 is 0 Å². The zero-order valence-electron chi connectivity index (χ0n) is 14.4. The first-order valence-electron chi connectivity index (χ1n) is 8.64. The number of ether oxygens (including phenoxy) is 1. The fraction of sp³-hybridized carbons (Fsp3) is 0.300. The molecule has 4 rings (SSSR count). The molecule has 1 saturated heterocycles. The highest BCUT2D eigenvalue weighted by molar-refractivity contribution is 7.18. The van der Waals surface area contributed by atoms with Gasteiger partial charge in [0.15, 0.2) is 0 Å². The van der Waals surface area contributed by atoms with Crippen molar-refractivity contribution in [2.45, 2.75) is 18.8 Å². The van der Waals surface area contributed by atoms with Crippen molar-refractivity contribution >= 4 is 39.1 Å². The van der Waals surface area contributed by atoms with Gasteiger partial charge in [-0.25, -0.2) is 4.98 Å². The molecule has 0 atom stereocenters. The van der Waals surface area contributed by atoms with Crippen LogP contribution in [0.5, 0.6) is 5.75 Å². The fourth-order valence-corrected chi connectivity index (χ4v) is 4.70. The molecule has 0 saturated carbocycles. The molecule has 0 radical (unpaired) electrons. The average molecular weight is 387 g/mol. The molecule has 0 unspecified atom stereocenters. The number of carbonyl (C=O) groups excluding carboxylic acids is 1. The molecule has 1 fully saturated rings. The zero-order valence-corrected chi connectivity index (χ0v) is 16.0. The summed E-state index contributed by atoms with van der Waals surface area (Å²) in [5.41, 5.74) is 1.63. The molecule has 0 aliphatic carbocycles. The first kappa shape index (κ1) is 17.3. The number of halogens is 1. The molecule has 1 aliphatic heterocycles. The van der Waals surface area contributed by atoms with Gasteiger partial charge in [0.1, 0.15) is 5.75 Å². The number of thiazole rings is 1. The van der Waals surface area contributed by atoms with E-state index in [1.54, 1.807) is 36.6 Å². The second-order valence-corrected chi connectivity index (χ2v) is 7.93. The molecule has 0 spiro atoms. The minimum Gasteiger partial charge on any atom is -0.496 e. The Morgan fingerprint density at radius 1 is 1.23 bits per heavy atom. The van der Waals surface area contributed by atoms with Crippen molar-refractivity contribution in [2.75, 3.05) is 20.2 Å². The van der Waals surface area contributed by atoms with E-state index in [2.05, 4.69) is 12.1 Å². The molecular formula is C20H19ClN2O2S. The topological polar surface area (TPSA) is 42.4 Å². The number of fused-ring (bicyclic) bond motifs is 1. The lowest BCUT2D eigenvalue weighted by atomic mass is 9.97. The highest BCUT2D eigenvalue weighted by atomic mass is 35.5. The quantitative estimate of drug-likeness (QED) is 0.637. The third kappa shape index (κ3) is 3.29. The number of carbonyl (C=O) groups is 1. The molecular weight excluding hydrogens is 368 g/mol. The van der Waals surface area contributed by atoms with Gasteiger partial charge in [-0.3, -0.25) is 4.79 Å². The number of hydrogen-bond donors (Lipinski definition) is 0. The Labute approximate surface area is 161 Å². The van der Waals surface area contributed by atoms with Crippen LogP contribution < -0.4 is 4.74 Å². The summed E-state index contributed by atoms with van der Waals surface area (Å²) in [6.45, 7) is 1.45. The second kappa shape index (κ2) is 7.25. The SMILES string of the molecule is COc1cc(Cl)ccc1C(=O)N1CCC(c2nc3ccccc3s2)CC1. The molecule has 26 heavy (non-hydrogen) atoms. The Morgan fingerprint density at radius 2 is 2.00 bits per heavy atom. The maximum atomic E-state index is 12.9. The van der Waals surface area contributed by atoms with Crippen LogP contribution in [0.1, 0.15) is 34.1 Å². The van der Waals surface area contributed by atoms with E-state index in [1.165, 1.54) is 9.71 Å². The Hall–Kier alpha value is -2.11. The van der Waals surface area contributed by atoms with Crippen LogP contribution >= 0.6 is 22.9 Å². The third-order valence-corrected chi connectivity index (χ3v) is 6.27. The summed E-state index contributed by atoms with van der Waals surface area (Å²) in [4.78, 5) is 19.5. The lowest BCUT2D eigenvalue weighted by molar-refractivity contribution is 0.0709. The van der Waals surface area contributed by atoms with E-state index in [0.717, 1.165) is 31.4 Å². The Bertz CT molecular complexity index is 915.